The number of carbonyl (C=O) groups excluding carboxylic acids is 1. The molecule has 186 valence electrons. The number of nitrogens with one attached hydrogen (secondary N) is 1. The molecule has 1 aliphatic carbocycles. The lowest BCUT2D eigenvalue weighted by Crippen LogP contribution is -2.29. The molecule has 1 unspecified atom stereocenters. The second kappa shape index (κ2) is 10.3. The fraction of sp³-hybridized carbons (Fsp3) is 0.393. The van der Waals surface area contributed by atoms with Crippen LogP contribution in [-0.4, -0.2) is 36.8 Å². The molecule has 7 heteroatoms. The number of carbonyl (C=O) groups is 1. The van der Waals surface area contributed by atoms with E-state index in [2.05, 4.69) is 47.3 Å². The van der Waals surface area contributed by atoms with Gasteiger partial charge in [-0.15, -0.1) is 13.2 Å². The molecule has 1 heterocycles. The van der Waals surface area contributed by atoms with Gasteiger partial charge in [0.15, 0.2) is 0 Å². The highest BCUT2D eigenvalue weighted by molar-refractivity contribution is 5.99. The van der Waals surface area contributed by atoms with Gasteiger partial charge in [0.05, 0.1) is 0 Å². The van der Waals surface area contributed by atoms with Crippen molar-refractivity contribution in [3.8, 4) is 5.75 Å². The normalized spacial score (nSPS) is 20.2. The number of likely N-dealkylation sites (tertiary alicyclic amines) is 1. The zero-order valence-corrected chi connectivity index (χ0v) is 20.1. The number of benzene rings is 2. The predicted molar refractivity (Wildman–Crippen MR) is 130 cm³/mol. The van der Waals surface area contributed by atoms with Gasteiger partial charge in [-0.3, -0.25) is 4.79 Å². The van der Waals surface area contributed by atoms with Crippen molar-refractivity contribution in [3.63, 3.8) is 0 Å². The van der Waals surface area contributed by atoms with Gasteiger partial charge in [0.2, 0.25) is 0 Å². The van der Waals surface area contributed by atoms with E-state index >= 15 is 0 Å². The number of hydrogen-bond acceptors (Lipinski definition) is 3. The number of aryl methyl sites for hydroxylation is 1. The lowest BCUT2D eigenvalue weighted by molar-refractivity contribution is -0.274. The number of hydrogen-bond donors (Lipinski definition) is 1. The summed E-state index contributed by atoms with van der Waals surface area (Å²) in [6.45, 7) is 6.79. The molecule has 0 spiro atoms. The van der Waals surface area contributed by atoms with Crippen molar-refractivity contribution in [1.29, 1.82) is 0 Å². The number of rotatable bonds is 9. The van der Waals surface area contributed by atoms with Gasteiger partial charge in [-0.1, -0.05) is 61.0 Å². The largest absolute Gasteiger partial charge is 0.573 e. The molecule has 0 saturated carbocycles. The molecule has 4 rings (SSSR count). The molecule has 1 N–H and O–H groups in total. The van der Waals surface area contributed by atoms with Crippen molar-refractivity contribution in [2.75, 3.05) is 19.6 Å². The number of alkyl halides is 3. The summed E-state index contributed by atoms with van der Waals surface area (Å²) in [4.78, 5) is 15.0. The summed E-state index contributed by atoms with van der Waals surface area (Å²) in [6.07, 6.45) is 0.328. The Labute approximate surface area is 204 Å². The topological polar surface area (TPSA) is 41.6 Å². The highest BCUT2D eigenvalue weighted by Gasteiger charge is 2.47. The molecular formula is C28H31F3N2O2. The number of amides is 1. The predicted octanol–water partition coefficient (Wildman–Crippen LogP) is 5.80. The fourth-order valence-electron chi connectivity index (χ4n) is 5.28. The van der Waals surface area contributed by atoms with E-state index in [1.165, 1.54) is 23.3 Å². The van der Waals surface area contributed by atoms with E-state index in [0.717, 1.165) is 49.1 Å². The van der Waals surface area contributed by atoms with Crippen LogP contribution >= 0.6 is 0 Å². The molecule has 1 amide bonds. The van der Waals surface area contributed by atoms with Gasteiger partial charge in [-0.2, -0.15) is 0 Å². The highest BCUT2D eigenvalue weighted by atomic mass is 19.4. The van der Waals surface area contributed by atoms with Crippen LogP contribution in [0.5, 0.6) is 5.75 Å². The van der Waals surface area contributed by atoms with Crippen LogP contribution in [-0.2, 0) is 17.8 Å². The third kappa shape index (κ3) is 6.34. The van der Waals surface area contributed by atoms with Crippen molar-refractivity contribution in [1.82, 2.24) is 10.2 Å². The van der Waals surface area contributed by atoms with E-state index in [-0.39, 0.29) is 17.1 Å². The van der Waals surface area contributed by atoms with Crippen molar-refractivity contribution in [2.24, 2.45) is 5.41 Å². The van der Waals surface area contributed by atoms with E-state index in [4.69, 9.17) is 0 Å². The number of ether oxygens (including phenoxy) is 1. The van der Waals surface area contributed by atoms with Gasteiger partial charge in [0, 0.05) is 30.6 Å². The third-order valence-corrected chi connectivity index (χ3v) is 6.62. The Hall–Kier alpha value is -3.06. The first-order valence-electron chi connectivity index (χ1n) is 11.9. The summed E-state index contributed by atoms with van der Waals surface area (Å²) in [7, 11) is 0. The van der Waals surface area contributed by atoms with Crippen LogP contribution in [0, 0.1) is 5.41 Å². The van der Waals surface area contributed by atoms with E-state index < -0.39 is 6.36 Å². The maximum Gasteiger partial charge on any atom is 0.573 e. The fourth-order valence-corrected chi connectivity index (χ4v) is 5.28. The van der Waals surface area contributed by atoms with Crippen molar-refractivity contribution in [2.45, 2.75) is 46.0 Å². The smallest absolute Gasteiger partial charge is 0.406 e. The number of halogens is 3. The minimum Gasteiger partial charge on any atom is -0.406 e. The molecule has 0 bridgehead atoms. The van der Waals surface area contributed by atoms with E-state index in [0.29, 0.717) is 13.1 Å². The lowest BCUT2D eigenvalue weighted by atomic mass is 9.73. The summed E-state index contributed by atoms with van der Waals surface area (Å²) in [5, 5.41) is 3.55. The standard InChI is InChI=1S/C28H31F3N2O2/c1-20-15-23(17-32-14-6-9-21-7-4-3-5-8-21)16-27(2)19-33(26(34)25(20)27)18-22-10-12-24(13-11-22)35-28(29,30)31/h3-5,7-8,10-13,15,32H,6,9,14,16-19H2,1-2H3. The van der Waals surface area contributed by atoms with E-state index in [1.807, 2.05) is 13.0 Å². The Kier molecular flexibility index (Phi) is 7.36. The first-order chi connectivity index (χ1) is 16.6. The monoisotopic (exact) mass is 484 g/mol. The summed E-state index contributed by atoms with van der Waals surface area (Å²) in [5.74, 6) is -0.259. The maximum atomic E-state index is 13.2. The van der Waals surface area contributed by atoms with Gasteiger partial charge in [0.1, 0.15) is 5.75 Å². The lowest BCUT2D eigenvalue weighted by Gasteiger charge is -2.31. The summed E-state index contributed by atoms with van der Waals surface area (Å²) in [5.41, 5.74) is 4.98. The second-order valence-electron chi connectivity index (χ2n) is 9.72. The molecule has 0 aromatic heterocycles. The molecule has 2 aliphatic rings. The van der Waals surface area contributed by atoms with Gasteiger partial charge in [-0.05, 0) is 61.6 Å². The molecule has 4 nitrogen and oxygen atoms in total. The minimum atomic E-state index is -4.72. The van der Waals surface area contributed by atoms with E-state index in [1.54, 1.807) is 17.0 Å². The molecule has 1 atom stereocenters. The molecule has 2 aromatic rings. The summed E-state index contributed by atoms with van der Waals surface area (Å²) in [6, 6.07) is 16.2. The molecular weight excluding hydrogens is 453 g/mol. The van der Waals surface area contributed by atoms with Crippen LogP contribution in [0.4, 0.5) is 13.2 Å². The molecule has 1 saturated heterocycles. The zero-order valence-electron chi connectivity index (χ0n) is 20.1. The average molecular weight is 485 g/mol. The molecule has 1 aliphatic heterocycles. The first-order valence-corrected chi connectivity index (χ1v) is 11.9. The van der Waals surface area contributed by atoms with Crippen LogP contribution in [0.15, 0.2) is 77.4 Å². The van der Waals surface area contributed by atoms with E-state index in [9.17, 15) is 18.0 Å². The number of nitrogens with zero attached hydrogens (tertiary/aromatic N) is 1. The van der Waals surface area contributed by atoms with Crippen LogP contribution in [0.25, 0.3) is 0 Å². The number of allylic oxidation sites excluding steroid dienone is 2. The molecule has 2 aromatic carbocycles. The Morgan fingerprint density at radius 2 is 1.77 bits per heavy atom. The molecule has 0 radical (unpaired) electrons. The molecule has 1 fully saturated rings. The molecule has 35 heavy (non-hydrogen) atoms. The Bertz CT molecular complexity index is 1110. The Balaban J connectivity index is 1.31. The van der Waals surface area contributed by atoms with Crippen molar-refractivity contribution in [3.05, 3.63) is 88.5 Å². The average Bonchev–Trinajstić information content (AvgIpc) is 3.04. The maximum absolute atomic E-state index is 13.2. The van der Waals surface area contributed by atoms with Gasteiger partial charge < -0.3 is 15.0 Å². The number of fused-ring (bicyclic) bond motifs is 1. The SMILES string of the molecule is CC1=C2C(=O)N(Cc3ccc(OC(F)(F)F)cc3)CC2(C)CC(CNCCCc2ccccc2)=C1. The Morgan fingerprint density at radius 3 is 2.46 bits per heavy atom. The van der Waals surface area contributed by atoms with Crippen LogP contribution in [0.3, 0.4) is 0 Å². The Morgan fingerprint density at radius 1 is 1.06 bits per heavy atom. The highest BCUT2D eigenvalue weighted by Crippen LogP contribution is 2.46. The third-order valence-electron chi connectivity index (χ3n) is 6.62. The summed E-state index contributed by atoms with van der Waals surface area (Å²) >= 11 is 0. The van der Waals surface area contributed by atoms with Crippen LogP contribution in [0.2, 0.25) is 0 Å². The second-order valence-corrected chi connectivity index (χ2v) is 9.72. The minimum absolute atomic E-state index is 0.00624. The van der Waals surface area contributed by atoms with Gasteiger partial charge in [-0.25, -0.2) is 0 Å². The summed E-state index contributed by atoms with van der Waals surface area (Å²) < 4.78 is 41.1. The van der Waals surface area contributed by atoms with Crippen molar-refractivity contribution >= 4 is 5.91 Å². The van der Waals surface area contributed by atoms with Gasteiger partial charge in [0.25, 0.3) is 5.91 Å². The zero-order chi connectivity index (χ0) is 25.1. The quantitative estimate of drug-likeness (QED) is 0.457. The van der Waals surface area contributed by atoms with Crippen molar-refractivity contribution < 1.29 is 22.7 Å². The van der Waals surface area contributed by atoms with Crippen LogP contribution in [0.1, 0.15) is 37.8 Å². The first kappa shape index (κ1) is 25.0. The van der Waals surface area contributed by atoms with Crippen LogP contribution < -0.4 is 10.1 Å². The van der Waals surface area contributed by atoms with Gasteiger partial charge >= 0.3 is 6.36 Å².